The maximum absolute atomic E-state index is 10.8. The van der Waals surface area contributed by atoms with Crippen LogP contribution in [0.3, 0.4) is 0 Å². The third-order valence-electron chi connectivity index (χ3n) is 1.78. The van der Waals surface area contributed by atoms with Crippen LogP contribution in [-0.4, -0.2) is 11.1 Å². The summed E-state index contributed by atoms with van der Waals surface area (Å²) >= 11 is 4.00. The number of hydrogen-bond donors (Lipinski definition) is 2. The van der Waals surface area contributed by atoms with Gasteiger partial charge < -0.3 is 9.52 Å². The van der Waals surface area contributed by atoms with Gasteiger partial charge in [0.1, 0.15) is 5.58 Å². The van der Waals surface area contributed by atoms with Gasteiger partial charge in [0.05, 0.1) is 5.56 Å². The topological polar surface area (TPSA) is 50.4 Å². The summed E-state index contributed by atoms with van der Waals surface area (Å²) in [5, 5.41) is 9.83. The highest BCUT2D eigenvalue weighted by Gasteiger charge is 2.10. The van der Waals surface area contributed by atoms with Crippen molar-refractivity contribution in [2.24, 2.45) is 0 Å². The third-order valence-corrected chi connectivity index (χ3v) is 2.00. The second-order valence-corrected chi connectivity index (χ2v) is 3.05. The van der Waals surface area contributed by atoms with Crippen molar-refractivity contribution < 1.29 is 14.3 Å². The molecule has 1 aromatic carbocycles. The van der Waals surface area contributed by atoms with E-state index in [1.807, 2.05) is 0 Å². The number of carboxylic acids is 1. The van der Waals surface area contributed by atoms with E-state index in [9.17, 15) is 4.79 Å². The Morgan fingerprint density at radius 3 is 2.92 bits per heavy atom. The second-order valence-electron chi connectivity index (χ2n) is 2.61. The summed E-state index contributed by atoms with van der Waals surface area (Å²) in [5.74, 6) is -0.959. The van der Waals surface area contributed by atoms with Crippen LogP contribution in [-0.2, 0) is 0 Å². The monoisotopic (exact) mass is 194 g/mol. The summed E-state index contributed by atoms with van der Waals surface area (Å²) in [4.78, 5) is 10.8. The molecule has 2 rings (SSSR count). The fraction of sp³-hybridized carbons (Fsp3) is 0. The van der Waals surface area contributed by atoms with E-state index in [1.165, 1.54) is 6.07 Å². The van der Waals surface area contributed by atoms with Gasteiger partial charge in [-0.15, -0.1) is 12.6 Å². The number of carbonyl (C=O) groups is 1. The van der Waals surface area contributed by atoms with Gasteiger partial charge in [0.25, 0.3) is 0 Å². The van der Waals surface area contributed by atoms with E-state index in [2.05, 4.69) is 12.6 Å². The van der Waals surface area contributed by atoms with Gasteiger partial charge in [-0.25, -0.2) is 4.79 Å². The van der Waals surface area contributed by atoms with Crippen LogP contribution >= 0.6 is 12.6 Å². The fourth-order valence-corrected chi connectivity index (χ4v) is 1.46. The SMILES string of the molecule is O=C(O)c1cccc2oc(S)cc12. The van der Waals surface area contributed by atoms with Crippen LogP contribution in [0.15, 0.2) is 33.8 Å². The first-order valence-electron chi connectivity index (χ1n) is 3.63. The molecule has 0 aliphatic rings. The van der Waals surface area contributed by atoms with Crippen LogP contribution < -0.4 is 0 Å². The highest BCUT2D eigenvalue weighted by Crippen LogP contribution is 2.24. The van der Waals surface area contributed by atoms with Gasteiger partial charge in [-0.2, -0.15) is 0 Å². The van der Waals surface area contributed by atoms with E-state index >= 15 is 0 Å². The molecule has 13 heavy (non-hydrogen) atoms. The second kappa shape index (κ2) is 2.81. The Balaban J connectivity index is 2.82. The standard InChI is InChI=1S/C9H6O3S/c10-9(11)5-2-1-3-7-6(5)4-8(13)12-7/h1-4,13H,(H,10,11). The zero-order valence-corrected chi connectivity index (χ0v) is 7.41. The minimum absolute atomic E-state index is 0.238. The van der Waals surface area contributed by atoms with Gasteiger partial charge in [-0.3, -0.25) is 0 Å². The Morgan fingerprint density at radius 1 is 1.46 bits per heavy atom. The Hall–Kier alpha value is -1.42. The molecule has 0 atom stereocenters. The molecule has 0 fully saturated rings. The normalized spacial score (nSPS) is 10.5. The van der Waals surface area contributed by atoms with Crippen molar-refractivity contribution in [2.45, 2.75) is 5.09 Å². The number of thiol groups is 1. The van der Waals surface area contributed by atoms with E-state index in [-0.39, 0.29) is 5.56 Å². The van der Waals surface area contributed by atoms with Crippen LogP contribution in [0.5, 0.6) is 0 Å². The molecule has 0 spiro atoms. The van der Waals surface area contributed by atoms with Crippen molar-refractivity contribution in [1.82, 2.24) is 0 Å². The smallest absolute Gasteiger partial charge is 0.336 e. The summed E-state index contributed by atoms with van der Waals surface area (Å²) in [6.45, 7) is 0. The molecule has 0 saturated carbocycles. The van der Waals surface area contributed by atoms with Gasteiger partial charge in [-0.1, -0.05) is 6.07 Å². The Labute approximate surface area is 79.4 Å². The van der Waals surface area contributed by atoms with Crippen molar-refractivity contribution in [3.63, 3.8) is 0 Å². The number of rotatable bonds is 1. The molecule has 66 valence electrons. The molecule has 1 N–H and O–H groups in total. The molecule has 0 amide bonds. The summed E-state index contributed by atoms with van der Waals surface area (Å²) in [6.07, 6.45) is 0. The van der Waals surface area contributed by atoms with Gasteiger partial charge >= 0.3 is 5.97 Å². The molecular weight excluding hydrogens is 188 g/mol. The molecule has 0 saturated heterocycles. The van der Waals surface area contributed by atoms with Crippen LogP contribution in [0.4, 0.5) is 0 Å². The van der Waals surface area contributed by atoms with E-state index < -0.39 is 5.97 Å². The van der Waals surface area contributed by atoms with E-state index in [1.54, 1.807) is 18.2 Å². The van der Waals surface area contributed by atoms with Crippen LogP contribution in [0.1, 0.15) is 10.4 Å². The highest BCUT2D eigenvalue weighted by atomic mass is 32.1. The lowest BCUT2D eigenvalue weighted by molar-refractivity contribution is 0.0699. The van der Waals surface area contributed by atoms with Crippen LogP contribution in [0.2, 0.25) is 0 Å². The number of carboxylic acid groups (broad SMARTS) is 1. The molecule has 2 aromatic rings. The Bertz CT molecular complexity index is 473. The summed E-state index contributed by atoms with van der Waals surface area (Å²) in [6, 6.07) is 6.49. The zero-order valence-electron chi connectivity index (χ0n) is 6.52. The molecular formula is C9H6O3S. The third kappa shape index (κ3) is 1.29. The van der Waals surface area contributed by atoms with Crippen molar-refractivity contribution in [3.8, 4) is 0 Å². The average Bonchev–Trinajstić information content (AvgIpc) is 2.43. The summed E-state index contributed by atoms with van der Waals surface area (Å²) < 4.78 is 5.16. The molecule has 0 bridgehead atoms. The van der Waals surface area contributed by atoms with E-state index in [0.717, 1.165) is 0 Å². The van der Waals surface area contributed by atoms with Gasteiger partial charge in [0.15, 0.2) is 5.09 Å². The molecule has 0 radical (unpaired) electrons. The number of benzene rings is 1. The van der Waals surface area contributed by atoms with E-state index in [0.29, 0.717) is 16.1 Å². The molecule has 4 heteroatoms. The summed E-state index contributed by atoms with van der Waals surface area (Å²) in [5.41, 5.74) is 0.784. The maximum atomic E-state index is 10.8. The maximum Gasteiger partial charge on any atom is 0.336 e. The van der Waals surface area contributed by atoms with E-state index in [4.69, 9.17) is 9.52 Å². The quantitative estimate of drug-likeness (QED) is 0.685. The minimum Gasteiger partial charge on any atom is -0.478 e. The van der Waals surface area contributed by atoms with Crippen molar-refractivity contribution in [1.29, 1.82) is 0 Å². The Kier molecular flexibility index (Phi) is 1.77. The first kappa shape index (κ1) is 8.19. The largest absolute Gasteiger partial charge is 0.478 e. The number of hydrogen-bond acceptors (Lipinski definition) is 3. The first-order chi connectivity index (χ1) is 6.18. The lowest BCUT2D eigenvalue weighted by atomic mass is 10.1. The number of furan rings is 1. The van der Waals surface area contributed by atoms with Crippen LogP contribution in [0.25, 0.3) is 11.0 Å². The highest BCUT2D eigenvalue weighted by molar-refractivity contribution is 7.80. The molecule has 0 aliphatic heterocycles. The molecule has 3 nitrogen and oxygen atoms in total. The van der Waals surface area contributed by atoms with Crippen molar-refractivity contribution in [2.75, 3.05) is 0 Å². The molecule has 0 aliphatic carbocycles. The zero-order chi connectivity index (χ0) is 9.42. The van der Waals surface area contributed by atoms with Crippen molar-refractivity contribution >= 4 is 29.6 Å². The molecule has 1 aromatic heterocycles. The minimum atomic E-state index is -0.959. The predicted octanol–water partition coefficient (Wildman–Crippen LogP) is 2.42. The molecule has 1 heterocycles. The van der Waals surface area contributed by atoms with Gasteiger partial charge in [0.2, 0.25) is 0 Å². The Morgan fingerprint density at radius 2 is 2.23 bits per heavy atom. The number of fused-ring (bicyclic) bond motifs is 1. The predicted molar refractivity (Wildman–Crippen MR) is 50.4 cm³/mol. The number of aromatic carboxylic acids is 1. The van der Waals surface area contributed by atoms with Gasteiger partial charge in [0, 0.05) is 5.39 Å². The lowest BCUT2D eigenvalue weighted by Crippen LogP contribution is -1.95. The first-order valence-corrected chi connectivity index (χ1v) is 4.08. The molecule has 0 unspecified atom stereocenters. The fourth-order valence-electron chi connectivity index (χ4n) is 1.23. The lowest BCUT2D eigenvalue weighted by Gasteiger charge is -1.93. The van der Waals surface area contributed by atoms with Crippen molar-refractivity contribution in [3.05, 3.63) is 29.8 Å². The van der Waals surface area contributed by atoms with Crippen LogP contribution in [0, 0.1) is 0 Å². The summed E-state index contributed by atoms with van der Waals surface area (Å²) in [7, 11) is 0. The average molecular weight is 194 g/mol. The van der Waals surface area contributed by atoms with Gasteiger partial charge in [-0.05, 0) is 18.2 Å².